The summed E-state index contributed by atoms with van der Waals surface area (Å²) in [7, 11) is 4.24. The minimum atomic E-state index is -0.553. The van der Waals surface area contributed by atoms with Gasteiger partial charge >= 0.3 is 0 Å². The molecule has 168 valence electrons. The number of carbonyl (C=O) groups is 2. The molecule has 32 heavy (non-hydrogen) atoms. The zero-order valence-corrected chi connectivity index (χ0v) is 17.9. The number of aromatic nitrogens is 2. The van der Waals surface area contributed by atoms with Gasteiger partial charge in [0.1, 0.15) is 12.2 Å². The number of amidine groups is 1. The number of hydrogen-bond donors (Lipinski definition) is 4. The van der Waals surface area contributed by atoms with Gasteiger partial charge in [0.2, 0.25) is 5.91 Å². The van der Waals surface area contributed by atoms with Gasteiger partial charge in [0.15, 0.2) is 17.3 Å². The zero-order valence-electron chi connectivity index (χ0n) is 17.9. The monoisotopic (exact) mass is 440 g/mol. The van der Waals surface area contributed by atoms with Crippen molar-refractivity contribution < 1.29 is 19.2 Å². The van der Waals surface area contributed by atoms with Crippen LogP contribution >= 0.6 is 0 Å². The van der Waals surface area contributed by atoms with Crippen molar-refractivity contribution in [1.29, 1.82) is 5.41 Å². The predicted molar refractivity (Wildman–Crippen MR) is 118 cm³/mol. The maximum atomic E-state index is 12.7. The summed E-state index contributed by atoms with van der Waals surface area (Å²) in [5.74, 6) is -0.102. The van der Waals surface area contributed by atoms with Crippen LogP contribution in [0.15, 0.2) is 29.3 Å². The highest BCUT2D eigenvalue weighted by atomic mass is 16.7. The molecule has 1 aromatic heterocycles. The average molecular weight is 440 g/mol. The smallest absolute Gasteiger partial charge is 0.299 e. The Kier molecular flexibility index (Phi) is 6.95. The number of hydroxylamine groups is 2. The van der Waals surface area contributed by atoms with E-state index in [2.05, 4.69) is 25.8 Å². The lowest BCUT2D eigenvalue weighted by molar-refractivity contribution is -0.117. The molecule has 1 aliphatic rings. The number of aliphatic imine (C=N–C) groups is 1. The summed E-state index contributed by atoms with van der Waals surface area (Å²) in [6.45, 7) is 0. The molecule has 0 atom stereocenters. The highest BCUT2D eigenvalue weighted by Crippen LogP contribution is 2.34. The maximum absolute atomic E-state index is 12.7. The number of hydrogen-bond acceptors (Lipinski definition) is 8. The van der Waals surface area contributed by atoms with Crippen molar-refractivity contribution in [1.82, 2.24) is 15.3 Å². The number of ether oxygens (including phenoxy) is 1. The van der Waals surface area contributed by atoms with Gasteiger partial charge in [-0.25, -0.2) is 10.1 Å². The number of nitrogens with zero attached hydrogens (tertiary/aromatic N) is 4. The molecule has 0 spiro atoms. The maximum Gasteiger partial charge on any atom is 0.299 e. The van der Waals surface area contributed by atoms with Gasteiger partial charge in [-0.3, -0.25) is 19.8 Å². The Hall–Kier alpha value is -4.06. The fourth-order valence-corrected chi connectivity index (χ4v) is 2.85. The highest BCUT2D eigenvalue weighted by molar-refractivity contribution is 6.05. The topological polar surface area (TPSA) is 168 Å². The van der Waals surface area contributed by atoms with Gasteiger partial charge < -0.3 is 21.1 Å². The standard InChI is InChI=1S/C20H24N8O4/c1-28(32-3)20(30)16-14(9-15(26-27-16)25-19(29)11-7-8-11)24-13-6-4-5-12(17(13)31-2)18(22)23-10-21/h4-6,9-11H,7-8H2,1-3H3,(H3,21,22,23)(H2,24,25,26,29). The Morgan fingerprint density at radius 3 is 2.66 bits per heavy atom. The van der Waals surface area contributed by atoms with E-state index in [0.717, 1.165) is 24.2 Å². The zero-order chi connectivity index (χ0) is 23.3. The van der Waals surface area contributed by atoms with E-state index < -0.39 is 5.91 Å². The van der Waals surface area contributed by atoms with Gasteiger partial charge in [0.05, 0.1) is 31.2 Å². The first kappa shape index (κ1) is 22.6. The molecule has 12 heteroatoms. The summed E-state index contributed by atoms with van der Waals surface area (Å²) >= 11 is 0. The third kappa shape index (κ3) is 4.98. The van der Waals surface area contributed by atoms with Crippen LogP contribution in [0.3, 0.4) is 0 Å². The molecule has 0 radical (unpaired) electrons. The number of para-hydroxylation sites is 1. The molecule has 12 nitrogen and oxygen atoms in total. The van der Waals surface area contributed by atoms with Crippen molar-refractivity contribution in [2.75, 3.05) is 31.9 Å². The Balaban J connectivity index is 2.03. The summed E-state index contributed by atoms with van der Waals surface area (Å²) in [4.78, 5) is 33.6. The SMILES string of the molecule is COc1c(Nc2cc(NC(=O)C3CC3)nnc2C(=O)N(C)OC)cccc1C(N)=NC=N. The summed E-state index contributed by atoms with van der Waals surface area (Å²) in [5, 5.41) is 21.9. The van der Waals surface area contributed by atoms with E-state index in [-0.39, 0.29) is 34.9 Å². The molecule has 0 unspecified atom stereocenters. The summed E-state index contributed by atoms with van der Waals surface area (Å²) in [6.07, 6.45) is 2.50. The van der Waals surface area contributed by atoms with Crippen LogP contribution in [0.5, 0.6) is 5.75 Å². The number of nitrogens with two attached hydrogens (primary N) is 1. The van der Waals surface area contributed by atoms with Crippen molar-refractivity contribution in [3.05, 3.63) is 35.5 Å². The molecular weight excluding hydrogens is 416 g/mol. The molecule has 0 bridgehead atoms. The van der Waals surface area contributed by atoms with Crippen LogP contribution in [0.4, 0.5) is 17.2 Å². The predicted octanol–water partition coefficient (Wildman–Crippen LogP) is 1.52. The molecule has 1 heterocycles. The Labute approximate surface area is 184 Å². The van der Waals surface area contributed by atoms with Crippen molar-refractivity contribution in [3.63, 3.8) is 0 Å². The highest BCUT2D eigenvalue weighted by Gasteiger charge is 2.30. The number of benzene rings is 1. The molecule has 5 N–H and O–H groups in total. The molecule has 1 saturated carbocycles. The number of rotatable bonds is 9. The van der Waals surface area contributed by atoms with E-state index in [4.69, 9.17) is 20.7 Å². The summed E-state index contributed by atoms with van der Waals surface area (Å²) < 4.78 is 5.50. The van der Waals surface area contributed by atoms with E-state index in [0.29, 0.717) is 17.0 Å². The first-order valence-electron chi connectivity index (χ1n) is 9.67. The summed E-state index contributed by atoms with van der Waals surface area (Å²) in [6, 6.07) is 6.60. The van der Waals surface area contributed by atoms with E-state index >= 15 is 0 Å². The molecule has 3 rings (SSSR count). The molecule has 1 aliphatic carbocycles. The van der Waals surface area contributed by atoms with Gasteiger partial charge in [-0.15, -0.1) is 10.2 Å². The largest absolute Gasteiger partial charge is 0.494 e. The van der Waals surface area contributed by atoms with Crippen LogP contribution < -0.4 is 21.1 Å². The number of anilines is 3. The van der Waals surface area contributed by atoms with Crippen LogP contribution in [0.25, 0.3) is 0 Å². The molecule has 1 aromatic carbocycles. The van der Waals surface area contributed by atoms with Gasteiger partial charge in [0.25, 0.3) is 5.91 Å². The summed E-state index contributed by atoms with van der Waals surface area (Å²) in [5.41, 5.74) is 7.07. The minimum Gasteiger partial charge on any atom is -0.494 e. The van der Waals surface area contributed by atoms with Crippen molar-refractivity contribution in [2.45, 2.75) is 12.8 Å². The Bertz CT molecular complexity index is 1070. The fourth-order valence-electron chi connectivity index (χ4n) is 2.85. The van der Waals surface area contributed by atoms with Gasteiger partial charge in [-0.05, 0) is 25.0 Å². The average Bonchev–Trinajstić information content (AvgIpc) is 3.64. The number of nitrogens with one attached hydrogen (secondary N) is 3. The molecule has 2 amide bonds. The third-order valence-electron chi connectivity index (χ3n) is 4.72. The third-order valence-corrected chi connectivity index (χ3v) is 4.72. The molecule has 2 aromatic rings. The second kappa shape index (κ2) is 9.83. The van der Waals surface area contributed by atoms with Gasteiger partial charge in [-0.2, -0.15) is 0 Å². The normalized spacial score (nSPS) is 13.3. The lowest BCUT2D eigenvalue weighted by Crippen LogP contribution is -2.27. The number of amides is 2. The van der Waals surface area contributed by atoms with Crippen molar-refractivity contribution in [2.24, 2.45) is 16.6 Å². The van der Waals surface area contributed by atoms with Crippen LogP contribution in [-0.2, 0) is 9.63 Å². The van der Waals surface area contributed by atoms with E-state index in [1.54, 1.807) is 18.2 Å². The molecular formula is C20H24N8O4. The van der Waals surface area contributed by atoms with Crippen LogP contribution in [-0.4, -0.2) is 60.5 Å². The number of carbonyl (C=O) groups excluding carboxylic acids is 2. The quantitative estimate of drug-likeness (QED) is 0.258. The molecule has 0 saturated heterocycles. The van der Waals surface area contributed by atoms with E-state index in [1.807, 2.05) is 0 Å². The lowest BCUT2D eigenvalue weighted by atomic mass is 10.1. The molecule has 1 fully saturated rings. The van der Waals surface area contributed by atoms with Gasteiger partial charge in [0, 0.05) is 19.0 Å². The van der Waals surface area contributed by atoms with E-state index in [1.165, 1.54) is 27.3 Å². The van der Waals surface area contributed by atoms with Crippen LogP contribution in [0.2, 0.25) is 0 Å². The van der Waals surface area contributed by atoms with Crippen LogP contribution in [0, 0.1) is 11.3 Å². The second-order valence-electron chi connectivity index (χ2n) is 6.90. The van der Waals surface area contributed by atoms with Gasteiger partial charge in [-0.1, -0.05) is 6.07 Å². The first-order chi connectivity index (χ1) is 15.4. The fraction of sp³-hybridized carbons (Fsp3) is 0.300. The number of methoxy groups -OCH3 is 1. The first-order valence-corrected chi connectivity index (χ1v) is 9.67. The molecule has 0 aliphatic heterocycles. The van der Waals surface area contributed by atoms with Crippen LogP contribution in [0.1, 0.15) is 28.9 Å². The van der Waals surface area contributed by atoms with Crippen molar-refractivity contribution >= 4 is 41.2 Å². The Morgan fingerprint density at radius 2 is 2.03 bits per heavy atom. The van der Waals surface area contributed by atoms with E-state index in [9.17, 15) is 9.59 Å². The Morgan fingerprint density at radius 1 is 1.28 bits per heavy atom. The minimum absolute atomic E-state index is 0.0259. The van der Waals surface area contributed by atoms with Crippen molar-refractivity contribution in [3.8, 4) is 5.75 Å². The second-order valence-corrected chi connectivity index (χ2v) is 6.90. The lowest BCUT2D eigenvalue weighted by Gasteiger charge is -2.18.